The van der Waals surface area contributed by atoms with Crippen LogP contribution >= 0.6 is 15.9 Å². The second-order valence-corrected chi connectivity index (χ2v) is 5.34. The van der Waals surface area contributed by atoms with Gasteiger partial charge in [-0.15, -0.1) is 0 Å². The third-order valence-corrected chi connectivity index (χ3v) is 4.30. The van der Waals surface area contributed by atoms with Gasteiger partial charge < -0.3 is 15.2 Å². The first-order chi connectivity index (χ1) is 7.62. The van der Waals surface area contributed by atoms with Crippen molar-refractivity contribution in [3.05, 3.63) is 21.7 Å². The van der Waals surface area contributed by atoms with Gasteiger partial charge in [-0.3, -0.25) is 0 Å². The molecule has 0 saturated heterocycles. The van der Waals surface area contributed by atoms with Crippen molar-refractivity contribution in [3.63, 3.8) is 0 Å². The van der Waals surface area contributed by atoms with Gasteiger partial charge in [0.2, 0.25) is 0 Å². The molecule has 1 aromatic rings. The van der Waals surface area contributed by atoms with Gasteiger partial charge in [-0.25, -0.2) is 0 Å². The minimum Gasteiger partial charge on any atom is -0.486 e. The lowest BCUT2D eigenvalue weighted by Crippen LogP contribution is -2.22. The van der Waals surface area contributed by atoms with E-state index in [9.17, 15) is 0 Å². The van der Waals surface area contributed by atoms with Gasteiger partial charge in [0.1, 0.15) is 13.2 Å². The fourth-order valence-corrected chi connectivity index (χ4v) is 2.68. The van der Waals surface area contributed by atoms with Crippen molar-refractivity contribution >= 4 is 15.9 Å². The average Bonchev–Trinajstić information content (AvgIpc) is 3.03. The number of fused-ring (bicyclic) bond motifs is 1. The van der Waals surface area contributed by atoms with Crippen LogP contribution in [0.2, 0.25) is 0 Å². The molecule has 0 amide bonds. The molecule has 0 spiro atoms. The van der Waals surface area contributed by atoms with Crippen LogP contribution in [-0.4, -0.2) is 13.2 Å². The Morgan fingerprint density at radius 1 is 1.31 bits per heavy atom. The fraction of sp³-hybridized carbons (Fsp3) is 0.500. The summed E-state index contributed by atoms with van der Waals surface area (Å²) < 4.78 is 12.2. The Morgan fingerprint density at radius 3 is 2.69 bits per heavy atom. The molecule has 0 atom stereocenters. The maximum absolute atomic E-state index is 6.25. The van der Waals surface area contributed by atoms with Crippen molar-refractivity contribution in [1.29, 1.82) is 0 Å². The summed E-state index contributed by atoms with van der Waals surface area (Å²) >= 11 is 3.58. The maximum Gasteiger partial charge on any atom is 0.175 e. The van der Waals surface area contributed by atoms with Crippen LogP contribution in [0, 0.1) is 6.92 Å². The largest absolute Gasteiger partial charge is 0.486 e. The van der Waals surface area contributed by atoms with Crippen LogP contribution in [0.15, 0.2) is 10.5 Å². The van der Waals surface area contributed by atoms with Gasteiger partial charge in [0, 0.05) is 5.54 Å². The molecular formula is C12H14BrNO2. The zero-order valence-corrected chi connectivity index (χ0v) is 10.8. The van der Waals surface area contributed by atoms with Gasteiger partial charge in [0.05, 0.1) is 4.47 Å². The molecule has 86 valence electrons. The van der Waals surface area contributed by atoms with E-state index < -0.39 is 0 Å². The molecule has 1 aliphatic heterocycles. The topological polar surface area (TPSA) is 44.5 Å². The summed E-state index contributed by atoms with van der Waals surface area (Å²) in [5, 5.41) is 0. The number of nitrogens with two attached hydrogens (primary N) is 1. The number of benzene rings is 1. The van der Waals surface area contributed by atoms with E-state index in [1.54, 1.807) is 0 Å². The normalized spacial score (nSPS) is 20.7. The van der Waals surface area contributed by atoms with Crippen LogP contribution in [0.5, 0.6) is 11.5 Å². The molecule has 1 aromatic carbocycles. The SMILES string of the molecule is Cc1c(C2(N)CC2)cc2c(c1Br)OCCO2. The molecule has 2 N–H and O–H groups in total. The van der Waals surface area contributed by atoms with Gasteiger partial charge in [-0.05, 0) is 52.9 Å². The smallest absolute Gasteiger partial charge is 0.175 e. The summed E-state index contributed by atoms with van der Waals surface area (Å²) in [6.45, 7) is 3.29. The van der Waals surface area contributed by atoms with E-state index in [0.29, 0.717) is 13.2 Å². The van der Waals surface area contributed by atoms with E-state index >= 15 is 0 Å². The summed E-state index contributed by atoms with van der Waals surface area (Å²) in [7, 11) is 0. The number of hydrogen-bond acceptors (Lipinski definition) is 3. The monoisotopic (exact) mass is 283 g/mol. The van der Waals surface area contributed by atoms with Gasteiger partial charge in [0.25, 0.3) is 0 Å². The number of ether oxygens (including phenoxy) is 2. The second kappa shape index (κ2) is 3.37. The van der Waals surface area contributed by atoms with Gasteiger partial charge in [-0.2, -0.15) is 0 Å². The van der Waals surface area contributed by atoms with Gasteiger partial charge in [0.15, 0.2) is 11.5 Å². The maximum atomic E-state index is 6.25. The third kappa shape index (κ3) is 1.44. The number of rotatable bonds is 1. The van der Waals surface area contributed by atoms with Crippen LogP contribution < -0.4 is 15.2 Å². The summed E-state index contributed by atoms with van der Waals surface area (Å²) in [5.74, 6) is 1.63. The molecule has 0 radical (unpaired) electrons. The summed E-state index contributed by atoms with van der Waals surface area (Å²) in [5.41, 5.74) is 8.47. The third-order valence-electron chi connectivity index (χ3n) is 3.34. The zero-order chi connectivity index (χ0) is 11.3. The van der Waals surface area contributed by atoms with Crippen LogP contribution in [0.1, 0.15) is 24.0 Å². The molecule has 1 heterocycles. The predicted molar refractivity (Wildman–Crippen MR) is 65.0 cm³/mol. The van der Waals surface area contributed by atoms with E-state index in [2.05, 4.69) is 22.9 Å². The Kier molecular flexibility index (Phi) is 2.20. The molecular weight excluding hydrogens is 270 g/mol. The molecule has 4 heteroatoms. The number of hydrogen-bond donors (Lipinski definition) is 1. The second-order valence-electron chi connectivity index (χ2n) is 4.54. The highest BCUT2D eigenvalue weighted by Crippen LogP contribution is 2.50. The quantitative estimate of drug-likeness (QED) is 0.861. The average molecular weight is 284 g/mol. The molecule has 1 fully saturated rings. The van der Waals surface area contributed by atoms with Crippen molar-refractivity contribution in [1.82, 2.24) is 0 Å². The van der Waals surface area contributed by atoms with Gasteiger partial charge >= 0.3 is 0 Å². The van der Waals surface area contributed by atoms with Gasteiger partial charge in [-0.1, -0.05) is 0 Å². The van der Waals surface area contributed by atoms with Crippen molar-refractivity contribution in [2.24, 2.45) is 5.73 Å². The minimum absolute atomic E-state index is 0.136. The summed E-state index contributed by atoms with van der Waals surface area (Å²) in [6, 6.07) is 2.04. The fourth-order valence-electron chi connectivity index (χ4n) is 2.16. The Labute approximate surface area is 103 Å². The number of halogens is 1. The first-order valence-corrected chi connectivity index (χ1v) is 6.29. The Balaban J connectivity index is 2.17. The Bertz CT molecular complexity index is 455. The minimum atomic E-state index is -0.136. The van der Waals surface area contributed by atoms with Crippen molar-refractivity contribution in [2.45, 2.75) is 25.3 Å². The lowest BCUT2D eigenvalue weighted by atomic mass is 9.99. The highest BCUT2D eigenvalue weighted by Gasteiger charge is 2.42. The van der Waals surface area contributed by atoms with Crippen LogP contribution in [0.25, 0.3) is 0 Å². The van der Waals surface area contributed by atoms with E-state index in [4.69, 9.17) is 15.2 Å². The van der Waals surface area contributed by atoms with E-state index in [-0.39, 0.29) is 5.54 Å². The van der Waals surface area contributed by atoms with Crippen LogP contribution in [0.4, 0.5) is 0 Å². The molecule has 0 aromatic heterocycles. The molecule has 0 unspecified atom stereocenters. The van der Waals surface area contributed by atoms with Crippen LogP contribution in [-0.2, 0) is 5.54 Å². The van der Waals surface area contributed by atoms with E-state index in [1.807, 2.05) is 6.07 Å². The highest BCUT2D eigenvalue weighted by atomic mass is 79.9. The lowest BCUT2D eigenvalue weighted by Gasteiger charge is -2.24. The molecule has 1 saturated carbocycles. The van der Waals surface area contributed by atoms with Crippen molar-refractivity contribution < 1.29 is 9.47 Å². The molecule has 2 aliphatic rings. The molecule has 3 nitrogen and oxygen atoms in total. The van der Waals surface area contributed by atoms with Crippen LogP contribution in [0.3, 0.4) is 0 Å². The van der Waals surface area contributed by atoms with E-state index in [1.165, 1.54) is 11.1 Å². The standard InChI is InChI=1S/C12H14BrNO2/c1-7-8(12(14)2-3-12)6-9-11(10(7)13)16-5-4-15-9/h6H,2-5,14H2,1H3. The lowest BCUT2D eigenvalue weighted by molar-refractivity contribution is 0.170. The molecule has 1 aliphatic carbocycles. The zero-order valence-electron chi connectivity index (χ0n) is 9.18. The Hall–Kier alpha value is -0.740. The first-order valence-electron chi connectivity index (χ1n) is 5.50. The predicted octanol–water partition coefficient (Wildman–Crippen LogP) is 2.48. The highest BCUT2D eigenvalue weighted by molar-refractivity contribution is 9.10. The molecule has 16 heavy (non-hydrogen) atoms. The molecule has 0 bridgehead atoms. The first kappa shape index (κ1) is 10.4. The summed E-state index contributed by atoms with van der Waals surface area (Å²) in [4.78, 5) is 0. The van der Waals surface area contributed by atoms with Crippen molar-refractivity contribution in [2.75, 3.05) is 13.2 Å². The molecule has 3 rings (SSSR count). The summed E-state index contributed by atoms with van der Waals surface area (Å²) in [6.07, 6.45) is 2.11. The Morgan fingerprint density at radius 2 is 2.00 bits per heavy atom. The van der Waals surface area contributed by atoms with E-state index in [0.717, 1.165) is 28.8 Å². The van der Waals surface area contributed by atoms with Crippen molar-refractivity contribution in [3.8, 4) is 11.5 Å².